The van der Waals surface area contributed by atoms with E-state index in [0.717, 1.165) is 23.4 Å². The van der Waals surface area contributed by atoms with Crippen LogP contribution in [0.2, 0.25) is 0 Å². The van der Waals surface area contributed by atoms with Gasteiger partial charge in [-0.2, -0.15) is 0 Å². The van der Waals surface area contributed by atoms with E-state index in [-0.39, 0.29) is 18.7 Å². The van der Waals surface area contributed by atoms with E-state index in [0.29, 0.717) is 5.56 Å². The van der Waals surface area contributed by atoms with E-state index in [1.807, 2.05) is 42.5 Å². The van der Waals surface area contributed by atoms with Gasteiger partial charge in [-0.1, -0.05) is 36.4 Å². The third-order valence-electron chi connectivity index (χ3n) is 5.76. The van der Waals surface area contributed by atoms with Crippen LogP contribution in [-0.4, -0.2) is 26.2 Å². The van der Waals surface area contributed by atoms with Crippen LogP contribution in [0.5, 0.6) is 0 Å². The molecule has 0 radical (unpaired) electrons. The lowest BCUT2D eigenvalue weighted by Crippen LogP contribution is -2.45. The SMILES string of the molecule is OC(Cn1ccnc1)(c1ccc(F)cc1F)C1(c2ccc(-c3ccccn3)cc2)CO1. The summed E-state index contributed by atoms with van der Waals surface area (Å²) in [6, 6.07) is 16.3. The number of aromatic nitrogens is 3. The molecule has 0 aliphatic carbocycles. The molecule has 1 saturated heterocycles. The maximum Gasteiger partial charge on any atom is 0.151 e. The fourth-order valence-electron chi connectivity index (χ4n) is 4.06. The molecule has 156 valence electrons. The van der Waals surface area contributed by atoms with E-state index in [1.54, 1.807) is 23.2 Å². The number of ether oxygens (including phenoxy) is 1. The molecule has 2 aromatic carbocycles. The highest BCUT2D eigenvalue weighted by molar-refractivity contribution is 5.59. The second-order valence-corrected chi connectivity index (χ2v) is 7.63. The summed E-state index contributed by atoms with van der Waals surface area (Å²) >= 11 is 0. The van der Waals surface area contributed by atoms with Crippen LogP contribution in [0.3, 0.4) is 0 Å². The van der Waals surface area contributed by atoms with Crippen LogP contribution >= 0.6 is 0 Å². The van der Waals surface area contributed by atoms with Crippen LogP contribution in [0.1, 0.15) is 11.1 Å². The van der Waals surface area contributed by atoms with E-state index in [2.05, 4.69) is 9.97 Å². The first-order valence-electron chi connectivity index (χ1n) is 9.81. The van der Waals surface area contributed by atoms with E-state index in [4.69, 9.17) is 4.74 Å². The summed E-state index contributed by atoms with van der Waals surface area (Å²) in [4.78, 5) is 8.35. The maximum absolute atomic E-state index is 14.8. The van der Waals surface area contributed by atoms with Crippen molar-refractivity contribution in [2.45, 2.75) is 17.7 Å². The zero-order valence-corrected chi connectivity index (χ0v) is 16.5. The molecule has 1 fully saturated rings. The van der Waals surface area contributed by atoms with E-state index in [9.17, 15) is 13.9 Å². The van der Waals surface area contributed by atoms with Crippen LogP contribution in [0.4, 0.5) is 8.78 Å². The summed E-state index contributed by atoms with van der Waals surface area (Å²) in [6.07, 6.45) is 6.50. The lowest BCUT2D eigenvalue weighted by Gasteiger charge is -2.35. The van der Waals surface area contributed by atoms with Crippen molar-refractivity contribution in [1.82, 2.24) is 14.5 Å². The molecule has 1 aliphatic rings. The van der Waals surface area contributed by atoms with Gasteiger partial charge in [0.2, 0.25) is 0 Å². The average molecular weight is 419 g/mol. The van der Waals surface area contributed by atoms with Crippen molar-refractivity contribution in [2.75, 3.05) is 6.61 Å². The van der Waals surface area contributed by atoms with E-state index >= 15 is 0 Å². The molecule has 0 saturated carbocycles. The summed E-state index contributed by atoms with van der Waals surface area (Å²) in [5.74, 6) is -1.54. The Morgan fingerprint density at radius 1 is 1.06 bits per heavy atom. The largest absolute Gasteiger partial charge is 0.380 e. The fraction of sp³-hybridized carbons (Fsp3) is 0.167. The molecule has 3 heterocycles. The number of benzene rings is 2. The Morgan fingerprint density at radius 3 is 2.48 bits per heavy atom. The Balaban J connectivity index is 1.59. The van der Waals surface area contributed by atoms with Gasteiger partial charge in [0.05, 0.1) is 25.2 Å². The van der Waals surface area contributed by atoms with Crippen LogP contribution in [0.25, 0.3) is 11.3 Å². The number of hydrogen-bond donors (Lipinski definition) is 1. The number of halogens is 2. The predicted octanol–water partition coefficient (Wildman–Crippen LogP) is 4.04. The molecular weight excluding hydrogens is 400 g/mol. The zero-order valence-electron chi connectivity index (χ0n) is 16.5. The highest BCUT2D eigenvalue weighted by atomic mass is 19.1. The second-order valence-electron chi connectivity index (χ2n) is 7.63. The second kappa shape index (κ2) is 7.37. The van der Waals surface area contributed by atoms with Crippen molar-refractivity contribution in [3.05, 3.63) is 108 Å². The number of rotatable bonds is 6. The lowest BCUT2D eigenvalue weighted by molar-refractivity contribution is -0.0635. The first kappa shape index (κ1) is 19.5. The molecule has 2 atom stereocenters. The first-order chi connectivity index (χ1) is 15.0. The minimum Gasteiger partial charge on any atom is -0.380 e. The Hall–Kier alpha value is -3.42. The van der Waals surface area contributed by atoms with Crippen molar-refractivity contribution < 1.29 is 18.6 Å². The minimum atomic E-state index is -1.79. The Morgan fingerprint density at radius 2 is 1.87 bits per heavy atom. The standard InChI is InChI=1S/C24H19F2N3O2/c25-19-8-9-20(21(26)13-19)23(30,14-29-12-11-27-16-29)24(15-31-24)18-6-4-17(5-7-18)22-3-1-2-10-28-22/h1-13,16,30H,14-15H2. The predicted molar refractivity (Wildman–Crippen MR) is 110 cm³/mol. The summed E-state index contributed by atoms with van der Waals surface area (Å²) in [5, 5.41) is 11.9. The van der Waals surface area contributed by atoms with Crippen molar-refractivity contribution in [1.29, 1.82) is 0 Å². The quantitative estimate of drug-likeness (QED) is 0.479. The molecule has 0 spiro atoms. The monoisotopic (exact) mass is 419 g/mol. The molecule has 4 aromatic rings. The number of imidazole rings is 1. The van der Waals surface area contributed by atoms with Crippen molar-refractivity contribution in [3.63, 3.8) is 0 Å². The molecule has 5 nitrogen and oxygen atoms in total. The molecule has 31 heavy (non-hydrogen) atoms. The Labute approximate surface area is 177 Å². The maximum atomic E-state index is 14.8. The highest BCUT2D eigenvalue weighted by Crippen LogP contribution is 2.54. The Bertz CT molecular complexity index is 1190. The van der Waals surface area contributed by atoms with Crippen LogP contribution < -0.4 is 0 Å². The molecule has 2 unspecified atom stereocenters. The lowest BCUT2D eigenvalue weighted by atomic mass is 9.76. The topological polar surface area (TPSA) is 63.5 Å². The van der Waals surface area contributed by atoms with Crippen LogP contribution in [-0.2, 0) is 22.5 Å². The smallest absolute Gasteiger partial charge is 0.151 e. The average Bonchev–Trinajstić information content (AvgIpc) is 3.46. The number of aliphatic hydroxyl groups is 1. The van der Waals surface area contributed by atoms with Gasteiger partial charge in [0.1, 0.15) is 17.2 Å². The third kappa shape index (κ3) is 3.32. The van der Waals surface area contributed by atoms with Gasteiger partial charge in [0.15, 0.2) is 5.60 Å². The van der Waals surface area contributed by atoms with Crippen molar-refractivity contribution in [3.8, 4) is 11.3 Å². The number of nitrogens with zero attached hydrogens (tertiary/aromatic N) is 3. The van der Waals surface area contributed by atoms with Gasteiger partial charge in [0, 0.05) is 35.8 Å². The Kier molecular flexibility index (Phi) is 4.64. The molecule has 1 N–H and O–H groups in total. The minimum absolute atomic E-state index is 0.0163. The fourth-order valence-corrected chi connectivity index (χ4v) is 4.06. The van der Waals surface area contributed by atoms with Gasteiger partial charge in [-0.05, 0) is 23.8 Å². The molecule has 2 aromatic heterocycles. The third-order valence-corrected chi connectivity index (χ3v) is 5.76. The molecular formula is C24H19F2N3O2. The van der Waals surface area contributed by atoms with Crippen LogP contribution in [0, 0.1) is 11.6 Å². The first-order valence-corrected chi connectivity index (χ1v) is 9.81. The highest BCUT2D eigenvalue weighted by Gasteiger charge is 2.64. The zero-order chi connectivity index (χ0) is 21.5. The molecule has 1 aliphatic heterocycles. The van der Waals surface area contributed by atoms with Gasteiger partial charge in [0.25, 0.3) is 0 Å². The van der Waals surface area contributed by atoms with E-state index < -0.39 is 22.8 Å². The number of hydrogen-bond acceptors (Lipinski definition) is 4. The van der Waals surface area contributed by atoms with Gasteiger partial charge >= 0.3 is 0 Å². The van der Waals surface area contributed by atoms with Crippen molar-refractivity contribution in [2.24, 2.45) is 0 Å². The summed E-state index contributed by atoms with van der Waals surface area (Å²) in [5.41, 5.74) is -0.590. The number of epoxide rings is 1. The van der Waals surface area contributed by atoms with Crippen molar-refractivity contribution >= 4 is 0 Å². The van der Waals surface area contributed by atoms with Gasteiger partial charge < -0.3 is 14.4 Å². The molecule has 7 heteroatoms. The molecule has 0 amide bonds. The normalized spacial score (nSPS) is 19.7. The number of pyridine rings is 1. The summed E-state index contributed by atoms with van der Waals surface area (Å²) in [7, 11) is 0. The molecule has 5 rings (SSSR count). The molecule has 0 bridgehead atoms. The van der Waals surface area contributed by atoms with E-state index in [1.165, 1.54) is 12.4 Å². The van der Waals surface area contributed by atoms with Gasteiger partial charge in [-0.25, -0.2) is 13.8 Å². The van der Waals surface area contributed by atoms with Gasteiger partial charge in [-0.15, -0.1) is 0 Å². The summed E-state index contributed by atoms with van der Waals surface area (Å²) in [6.45, 7) is 0.176. The van der Waals surface area contributed by atoms with Gasteiger partial charge in [-0.3, -0.25) is 4.98 Å². The summed E-state index contributed by atoms with van der Waals surface area (Å²) < 4.78 is 35.9. The van der Waals surface area contributed by atoms with Crippen LogP contribution in [0.15, 0.2) is 85.6 Å².